The van der Waals surface area contributed by atoms with Gasteiger partial charge in [0, 0.05) is 18.8 Å². The highest BCUT2D eigenvalue weighted by Crippen LogP contribution is 2.41. The minimum atomic E-state index is -1.12. The van der Waals surface area contributed by atoms with E-state index in [2.05, 4.69) is 4.98 Å². The molecule has 2 heterocycles. The number of hydrogen-bond acceptors (Lipinski definition) is 5. The quantitative estimate of drug-likeness (QED) is 0.663. The molecule has 1 aromatic rings. The molecule has 0 aromatic carbocycles. The number of anilines is 1. The van der Waals surface area contributed by atoms with Crippen molar-refractivity contribution in [1.29, 1.82) is 0 Å². The van der Waals surface area contributed by atoms with Crippen LogP contribution in [-0.2, 0) is 4.79 Å². The zero-order chi connectivity index (χ0) is 15.6. The van der Waals surface area contributed by atoms with Gasteiger partial charge in [0.1, 0.15) is 5.54 Å². The second-order valence-corrected chi connectivity index (χ2v) is 5.53. The Morgan fingerprint density at radius 2 is 2.38 bits per heavy atom. The first-order valence-corrected chi connectivity index (χ1v) is 7.11. The molecule has 0 bridgehead atoms. The van der Waals surface area contributed by atoms with Gasteiger partial charge in [0.2, 0.25) is 5.82 Å². The third kappa shape index (κ3) is 2.65. The Labute approximate surface area is 126 Å². The summed E-state index contributed by atoms with van der Waals surface area (Å²) in [6.07, 6.45) is 3.51. The molecule has 0 amide bonds. The molecule has 0 radical (unpaired) electrons. The molecule has 1 aliphatic heterocycles. The van der Waals surface area contributed by atoms with E-state index in [9.17, 15) is 20.0 Å². The van der Waals surface area contributed by atoms with E-state index in [0.717, 1.165) is 0 Å². The van der Waals surface area contributed by atoms with Crippen molar-refractivity contribution in [3.8, 4) is 0 Å². The third-order valence-corrected chi connectivity index (χ3v) is 4.02. The average Bonchev–Trinajstić information content (AvgIpc) is 2.84. The van der Waals surface area contributed by atoms with Crippen LogP contribution < -0.4 is 4.90 Å². The summed E-state index contributed by atoms with van der Waals surface area (Å²) >= 11 is 5.76. The highest BCUT2D eigenvalue weighted by molar-refractivity contribution is 6.30. The highest BCUT2D eigenvalue weighted by Gasteiger charge is 2.49. The van der Waals surface area contributed by atoms with Gasteiger partial charge in [-0.1, -0.05) is 24.9 Å². The minimum Gasteiger partial charge on any atom is -0.479 e. The Kier molecular flexibility index (Phi) is 4.32. The van der Waals surface area contributed by atoms with E-state index >= 15 is 0 Å². The number of nitro groups is 1. The molecular weight excluding hydrogens is 298 g/mol. The third-order valence-electron chi connectivity index (χ3n) is 3.82. The van der Waals surface area contributed by atoms with Crippen LogP contribution in [0.4, 0.5) is 11.5 Å². The van der Waals surface area contributed by atoms with Crippen molar-refractivity contribution in [3.63, 3.8) is 0 Å². The molecule has 1 aromatic heterocycles. The molecule has 1 fully saturated rings. The highest BCUT2D eigenvalue weighted by atomic mass is 35.5. The van der Waals surface area contributed by atoms with Crippen LogP contribution in [0, 0.1) is 10.1 Å². The van der Waals surface area contributed by atoms with Gasteiger partial charge in [0.05, 0.1) is 9.95 Å². The topological polar surface area (TPSA) is 96.6 Å². The van der Waals surface area contributed by atoms with Gasteiger partial charge in [-0.2, -0.15) is 0 Å². The number of carboxylic acids is 1. The second kappa shape index (κ2) is 5.85. The number of nitrogens with zero attached hydrogens (tertiary/aromatic N) is 3. The summed E-state index contributed by atoms with van der Waals surface area (Å²) in [5.74, 6) is -0.884. The first kappa shape index (κ1) is 15.5. The Morgan fingerprint density at radius 1 is 1.67 bits per heavy atom. The number of aliphatic carboxylic acids is 1. The summed E-state index contributed by atoms with van der Waals surface area (Å²) in [7, 11) is 0. The molecule has 1 aliphatic rings. The van der Waals surface area contributed by atoms with Gasteiger partial charge in [-0.25, -0.2) is 9.78 Å². The lowest BCUT2D eigenvalue weighted by molar-refractivity contribution is -0.384. The van der Waals surface area contributed by atoms with Gasteiger partial charge < -0.3 is 10.0 Å². The lowest BCUT2D eigenvalue weighted by Gasteiger charge is -2.35. The van der Waals surface area contributed by atoms with Crippen LogP contribution in [0.2, 0.25) is 5.02 Å². The summed E-state index contributed by atoms with van der Waals surface area (Å²) in [5.41, 5.74) is -1.38. The second-order valence-electron chi connectivity index (χ2n) is 5.10. The van der Waals surface area contributed by atoms with E-state index in [1.165, 1.54) is 12.3 Å². The fraction of sp³-hybridized carbons (Fsp3) is 0.538. The molecule has 0 saturated carbocycles. The SMILES string of the molecule is CCCC1(C(=O)O)CCCN1c1ncc(Cl)cc1[N+](=O)[O-]. The predicted octanol–water partition coefficient (Wildman–Crippen LogP) is 2.87. The van der Waals surface area contributed by atoms with Gasteiger partial charge in [-0.05, 0) is 19.3 Å². The molecule has 0 spiro atoms. The van der Waals surface area contributed by atoms with E-state index < -0.39 is 16.4 Å². The summed E-state index contributed by atoms with van der Waals surface area (Å²) < 4.78 is 0. The maximum Gasteiger partial charge on any atom is 0.329 e. The van der Waals surface area contributed by atoms with E-state index in [-0.39, 0.29) is 16.5 Å². The monoisotopic (exact) mass is 313 g/mol. The largest absolute Gasteiger partial charge is 0.479 e. The maximum atomic E-state index is 11.8. The van der Waals surface area contributed by atoms with Crippen molar-refractivity contribution in [2.75, 3.05) is 11.4 Å². The first-order valence-electron chi connectivity index (χ1n) is 6.73. The summed E-state index contributed by atoms with van der Waals surface area (Å²) in [6, 6.07) is 1.21. The molecule has 1 N–H and O–H groups in total. The predicted molar refractivity (Wildman–Crippen MR) is 77.8 cm³/mol. The van der Waals surface area contributed by atoms with Crippen LogP contribution >= 0.6 is 11.6 Å². The van der Waals surface area contributed by atoms with Crippen LogP contribution in [0.3, 0.4) is 0 Å². The van der Waals surface area contributed by atoms with Crippen molar-refractivity contribution in [2.45, 2.75) is 38.1 Å². The number of pyridine rings is 1. The van der Waals surface area contributed by atoms with Gasteiger partial charge in [0.15, 0.2) is 0 Å². The first-order chi connectivity index (χ1) is 9.92. The molecule has 7 nitrogen and oxygen atoms in total. The van der Waals surface area contributed by atoms with Crippen LogP contribution in [-0.4, -0.2) is 33.1 Å². The molecule has 21 heavy (non-hydrogen) atoms. The van der Waals surface area contributed by atoms with E-state index in [1.807, 2.05) is 6.92 Å². The van der Waals surface area contributed by atoms with Gasteiger partial charge in [-0.15, -0.1) is 0 Å². The van der Waals surface area contributed by atoms with Crippen molar-refractivity contribution in [1.82, 2.24) is 4.98 Å². The molecule has 114 valence electrons. The summed E-state index contributed by atoms with van der Waals surface area (Å²) in [5, 5.41) is 21.0. The maximum absolute atomic E-state index is 11.8. The number of hydrogen-bond donors (Lipinski definition) is 1. The van der Waals surface area contributed by atoms with Crippen LogP contribution in [0.15, 0.2) is 12.3 Å². The Morgan fingerprint density at radius 3 is 2.95 bits per heavy atom. The van der Waals surface area contributed by atoms with E-state index in [1.54, 1.807) is 4.90 Å². The lowest BCUT2D eigenvalue weighted by Crippen LogP contribution is -2.51. The van der Waals surface area contributed by atoms with E-state index in [0.29, 0.717) is 32.2 Å². The van der Waals surface area contributed by atoms with Crippen molar-refractivity contribution < 1.29 is 14.8 Å². The fourth-order valence-corrected chi connectivity index (χ4v) is 3.11. The molecule has 0 aliphatic carbocycles. The number of rotatable bonds is 5. The Hall–Kier alpha value is -1.89. The van der Waals surface area contributed by atoms with Crippen LogP contribution in [0.5, 0.6) is 0 Å². The normalized spacial score (nSPS) is 21.5. The minimum absolute atomic E-state index is 0.0813. The van der Waals surface area contributed by atoms with Crippen molar-refractivity contribution in [3.05, 3.63) is 27.4 Å². The Bertz CT molecular complexity index is 581. The summed E-state index contributed by atoms with van der Waals surface area (Å²) in [4.78, 5) is 28.0. The zero-order valence-electron chi connectivity index (χ0n) is 11.6. The lowest BCUT2D eigenvalue weighted by atomic mass is 9.90. The molecule has 1 saturated heterocycles. The Balaban J connectivity index is 2.54. The molecule has 1 atom stereocenters. The molecular formula is C13H16ClN3O4. The number of carboxylic acid groups (broad SMARTS) is 1. The van der Waals surface area contributed by atoms with Gasteiger partial charge >= 0.3 is 11.7 Å². The molecule has 2 rings (SSSR count). The van der Waals surface area contributed by atoms with Crippen molar-refractivity contribution in [2.24, 2.45) is 0 Å². The van der Waals surface area contributed by atoms with Crippen LogP contribution in [0.25, 0.3) is 0 Å². The van der Waals surface area contributed by atoms with Gasteiger partial charge in [-0.3, -0.25) is 10.1 Å². The van der Waals surface area contributed by atoms with Gasteiger partial charge in [0.25, 0.3) is 0 Å². The summed E-state index contributed by atoms with van der Waals surface area (Å²) in [6.45, 7) is 2.33. The number of carbonyl (C=O) groups is 1. The molecule has 1 unspecified atom stereocenters. The van der Waals surface area contributed by atoms with Crippen LogP contribution in [0.1, 0.15) is 32.6 Å². The standard InChI is InChI=1S/C13H16ClN3O4/c1-2-4-13(12(18)19)5-3-6-16(13)11-10(17(20)21)7-9(14)8-15-11/h7-8H,2-6H2,1H3,(H,18,19). The zero-order valence-corrected chi connectivity index (χ0v) is 12.3. The fourth-order valence-electron chi connectivity index (χ4n) is 2.95. The average molecular weight is 314 g/mol. The van der Waals surface area contributed by atoms with E-state index in [4.69, 9.17) is 11.6 Å². The molecule has 8 heteroatoms. The smallest absolute Gasteiger partial charge is 0.329 e. The van der Waals surface area contributed by atoms with Crippen molar-refractivity contribution >= 4 is 29.1 Å². The number of halogens is 1. The number of aromatic nitrogens is 1.